The Morgan fingerprint density at radius 3 is 2.65 bits per heavy atom. The molecule has 1 aliphatic rings. The average Bonchev–Trinajstić information content (AvgIpc) is 3.10. The van der Waals surface area contributed by atoms with Crippen LogP contribution < -0.4 is 9.64 Å². The molecule has 0 unspecified atom stereocenters. The molecule has 1 amide bonds. The number of fused-ring (bicyclic) bond motifs is 1. The third-order valence-electron chi connectivity index (χ3n) is 4.80. The standard InChI is InChI=1S/C20H20FN3O2/c1-26-17-4-2-3-16(13-17)23-7-9-24(10-8-23)20(25)19-12-14-11-15(21)5-6-18(14)22-19/h2-6,11-13,22H,7-10H2,1H3. The molecule has 0 atom stereocenters. The predicted molar refractivity (Wildman–Crippen MR) is 99.4 cm³/mol. The number of H-pyrrole nitrogens is 1. The molecule has 26 heavy (non-hydrogen) atoms. The van der Waals surface area contributed by atoms with Crippen molar-refractivity contribution in [2.75, 3.05) is 38.2 Å². The molecule has 2 aromatic carbocycles. The van der Waals surface area contributed by atoms with Crippen LogP contribution in [0.5, 0.6) is 5.75 Å². The average molecular weight is 353 g/mol. The lowest BCUT2D eigenvalue weighted by molar-refractivity contribution is 0.0742. The van der Waals surface area contributed by atoms with Crippen molar-refractivity contribution in [3.05, 3.63) is 60.0 Å². The fourth-order valence-electron chi connectivity index (χ4n) is 3.36. The molecule has 1 N–H and O–H groups in total. The molecular formula is C20H20FN3O2. The number of ether oxygens (including phenoxy) is 1. The Labute approximate surface area is 151 Å². The van der Waals surface area contributed by atoms with Crippen LogP contribution in [-0.2, 0) is 0 Å². The Morgan fingerprint density at radius 1 is 1.08 bits per heavy atom. The molecule has 0 saturated carbocycles. The summed E-state index contributed by atoms with van der Waals surface area (Å²) in [4.78, 5) is 19.9. The molecular weight excluding hydrogens is 333 g/mol. The van der Waals surface area contributed by atoms with E-state index in [1.54, 1.807) is 19.2 Å². The highest BCUT2D eigenvalue weighted by Gasteiger charge is 2.23. The van der Waals surface area contributed by atoms with Gasteiger partial charge in [-0.25, -0.2) is 4.39 Å². The van der Waals surface area contributed by atoms with E-state index in [4.69, 9.17) is 4.74 Å². The number of nitrogens with zero attached hydrogens (tertiary/aromatic N) is 2. The van der Waals surface area contributed by atoms with Crippen LogP contribution in [0.25, 0.3) is 10.9 Å². The number of nitrogens with one attached hydrogen (secondary N) is 1. The number of methoxy groups -OCH3 is 1. The molecule has 134 valence electrons. The van der Waals surface area contributed by atoms with Crippen LogP contribution >= 0.6 is 0 Å². The summed E-state index contributed by atoms with van der Waals surface area (Å²) in [5.74, 6) is 0.473. The summed E-state index contributed by atoms with van der Waals surface area (Å²) in [6.45, 7) is 2.79. The van der Waals surface area contributed by atoms with Crippen LogP contribution in [0.3, 0.4) is 0 Å². The maximum atomic E-state index is 13.3. The number of anilines is 1. The Balaban J connectivity index is 1.45. The zero-order valence-electron chi connectivity index (χ0n) is 14.5. The van der Waals surface area contributed by atoms with Crippen LogP contribution in [0.15, 0.2) is 48.5 Å². The molecule has 1 saturated heterocycles. The Kier molecular flexibility index (Phi) is 4.24. The Hall–Kier alpha value is -3.02. The topological polar surface area (TPSA) is 48.6 Å². The second kappa shape index (κ2) is 6.71. The molecule has 0 radical (unpaired) electrons. The minimum absolute atomic E-state index is 0.0492. The van der Waals surface area contributed by atoms with E-state index in [1.165, 1.54) is 12.1 Å². The first-order chi connectivity index (χ1) is 12.6. The number of amides is 1. The quantitative estimate of drug-likeness (QED) is 0.786. The summed E-state index contributed by atoms with van der Waals surface area (Å²) in [5.41, 5.74) is 2.36. The van der Waals surface area contributed by atoms with Crippen molar-refractivity contribution in [1.82, 2.24) is 9.88 Å². The minimum atomic E-state index is -0.303. The van der Waals surface area contributed by atoms with E-state index < -0.39 is 0 Å². The number of aromatic amines is 1. The first-order valence-corrected chi connectivity index (χ1v) is 8.60. The smallest absolute Gasteiger partial charge is 0.270 e. The van der Waals surface area contributed by atoms with Gasteiger partial charge in [-0.2, -0.15) is 0 Å². The van der Waals surface area contributed by atoms with Gasteiger partial charge in [0.25, 0.3) is 5.91 Å². The van der Waals surface area contributed by atoms with Gasteiger partial charge in [-0.3, -0.25) is 4.79 Å². The van der Waals surface area contributed by atoms with Gasteiger partial charge in [-0.15, -0.1) is 0 Å². The van der Waals surface area contributed by atoms with Crippen molar-refractivity contribution >= 4 is 22.5 Å². The summed E-state index contributed by atoms with van der Waals surface area (Å²) in [7, 11) is 1.65. The van der Waals surface area contributed by atoms with E-state index in [1.807, 2.05) is 29.2 Å². The van der Waals surface area contributed by atoms with E-state index >= 15 is 0 Å². The SMILES string of the molecule is COc1cccc(N2CCN(C(=O)c3cc4cc(F)ccc4[nH]3)CC2)c1. The number of carbonyl (C=O) groups excluding carboxylic acids is 1. The number of rotatable bonds is 3. The van der Waals surface area contributed by atoms with Gasteiger partial charge < -0.3 is 19.5 Å². The molecule has 3 aromatic rings. The summed E-state index contributed by atoms with van der Waals surface area (Å²) in [6, 6.07) is 14.1. The predicted octanol–water partition coefficient (Wildman–Crippen LogP) is 3.28. The molecule has 0 spiro atoms. The second-order valence-electron chi connectivity index (χ2n) is 6.40. The maximum absolute atomic E-state index is 13.3. The first-order valence-electron chi connectivity index (χ1n) is 8.60. The number of hydrogen-bond acceptors (Lipinski definition) is 3. The maximum Gasteiger partial charge on any atom is 0.270 e. The molecule has 0 aliphatic carbocycles. The molecule has 5 nitrogen and oxygen atoms in total. The zero-order valence-corrected chi connectivity index (χ0v) is 14.5. The number of carbonyl (C=O) groups is 1. The Bertz CT molecular complexity index is 945. The van der Waals surface area contributed by atoms with Crippen molar-refractivity contribution in [2.24, 2.45) is 0 Å². The molecule has 1 fully saturated rings. The van der Waals surface area contributed by atoms with Gasteiger partial charge in [-0.05, 0) is 36.4 Å². The summed E-state index contributed by atoms with van der Waals surface area (Å²) in [6.07, 6.45) is 0. The van der Waals surface area contributed by atoms with Gasteiger partial charge in [0.1, 0.15) is 17.3 Å². The van der Waals surface area contributed by atoms with Gasteiger partial charge in [-0.1, -0.05) is 6.07 Å². The summed E-state index contributed by atoms with van der Waals surface area (Å²) in [5, 5.41) is 0.711. The molecule has 1 aromatic heterocycles. The highest BCUT2D eigenvalue weighted by molar-refractivity contribution is 5.98. The normalized spacial score (nSPS) is 14.7. The van der Waals surface area contributed by atoms with E-state index in [-0.39, 0.29) is 11.7 Å². The lowest BCUT2D eigenvalue weighted by atomic mass is 10.2. The zero-order chi connectivity index (χ0) is 18.1. The summed E-state index contributed by atoms with van der Waals surface area (Å²) < 4.78 is 18.6. The monoisotopic (exact) mass is 353 g/mol. The van der Waals surface area contributed by atoms with Crippen molar-refractivity contribution in [1.29, 1.82) is 0 Å². The van der Waals surface area contributed by atoms with E-state index in [9.17, 15) is 9.18 Å². The number of piperazine rings is 1. The number of hydrogen-bond donors (Lipinski definition) is 1. The number of halogens is 1. The highest BCUT2D eigenvalue weighted by atomic mass is 19.1. The van der Waals surface area contributed by atoms with Gasteiger partial charge in [0.2, 0.25) is 0 Å². The fourth-order valence-corrected chi connectivity index (χ4v) is 3.36. The van der Waals surface area contributed by atoms with Crippen molar-refractivity contribution < 1.29 is 13.9 Å². The van der Waals surface area contributed by atoms with Gasteiger partial charge in [0.05, 0.1) is 7.11 Å². The molecule has 2 heterocycles. The number of aromatic nitrogens is 1. The second-order valence-corrected chi connectivity index (χ2v) is 6.40. The largest absolute Gasteiger partial charge is 0.497 e. The van der Waals surface area contributed by atoms with E-state index in [2.05, 4.69) is 9.88 Å². The fraction of sp³-hybridized carbons (Fsp3) is 0.250. The van der Waals surface area contributed by atoms with Gasteiger partial charge >= 0.3 is 0 Å². The summed E-state index contributed by atoms with van der Waals surface area (Å²) >= 11 is 0. The third kappa shape index (κ3) is 3.10. The molecule has 4 rings (SSSR count). The van der Waals surface area contributed by atoms with Crippen LogP contribution in [0.4, 0.5) is 10.1 Å². The van der Waals surface area contributed by atoms with Crippen molar-refractivity contribution in [2.45, 2.75) is 0 Å². The molecule has 6 heteroatoms. The molecule has 1 aliphatic heterocycles. The van der Waals surface area contributed by atoms with Crippen molar-refractivity contribution in [3.63, 3.8) is 0 Å². The van der Waals surface area contributed by atoms with Crippen molar-refractivity contribution in [3.8, 4) is 5.75 Å². The van der Waals surface area contributed by atoms with E-state index in [0.29, 0.717) is 24.2 Å². The third-order valence-corrected chi connectivity index (χ3v) is 4.80. The lowest BCUT2D eigenvalue weighted by Crippen LogP contribution is -2.48. The minimum Gasteiger partial charge on any atom is -0.497 e. The first kappa shape index (κ1) is 16.4. The molecule has 0 bridgehead atoms. The van der Waals surface area contributed by atoms with Crippen LogP contribution in [0.2, 0.25) is 0 Å². The highest BCUT2D eigenvalue weighted by Crippen LogP contribution is 2.23. The van der Waals surface area contributed by atoms with E-state index in [0.717, 1.165) is 30.0 Å². The van der Waals surface area contributed by atoms with Gasteiger partial charge in [0.15, 0.2) is 0 Å². The van der Waals surface area contributed by atoms with Crippen LogP contribution in [-0.4, -0.2) is 49.1 Å². The van der Waals surface area contributed by atoms with Crippen LogP contribution in [0.1, 0.15) is 10.5 Å². The lowest BCUT2D eigenvalue weighted by Gasteiger charge is -2.36. The Morgan fingerprint density at radius 2 is 1.88 bits per heavy atom. The number of benzene rings is 2. The van der Waals surface area contributed by atoms with Gasteiger partial charge in [0, 0.05) is 48.8 Å². The van der Waals surface area contributed by atoms with Crippen LogP contribution in [0, 0.1) is 5.82 Å².